The van der Waals surface area contributed by atoms with Crippen LogP contribution in [0.1, 0.15) is 50.7 Å². The Labute approximate surface area is 132 Å². The van der Waals surface area contributed by atoms with Crippen molar-refractivity contribution < 1.29 is 18.6 Å². The third-order valence-electron chi connectivity index (χ3n) is 4.16. The first kappa shape index (κ1) is 16.8. The van der Waals surface area contributed by atoms with Gasteiger partial charge in [0.25, 0.3) is 0 Å². The molecule has 0 spiro atoms. The van der Waals surface area contributed by atoms with Crippen LogP contribution in [0.15, 0.2) is 16.6 Å². The van der Waals surface area contributed by atoms with Gasteiger partial charge in [0.1, 0.15) is 17.7 Å². The van der Waals surface area contributed by atoms with Crippen molar-refractivity contribution in [3.63, 3.8) is 0 Å². The van der Waals surface area contributed by atoms with Gasteiger partial charge in [-0.3, -0.25) is 0 Å². The van der Waals surface area contributed by atoms with Crippen LogP contribution in [0.4, 0.5) is 8.78 Å². The fourth-order valence-corrected chi connectivity index (χ4v) is 3.46. The SMILES string of the molecule is CCOC(C1CCCCC1)C(O)c1c(F)ccc(Br)c1F. The molecule has 0 heterocycles. The van der Waals surface area contributed by atoms with E-state index >= 15 is 0 Å². The molecule has 1 fully saturated rings. The zero-order chi connectivity index (χ0) is 15.4. The minimum absolute atomic E-state index is 0.145. The number of hydrogen-bond donors (Lipinski definition) is 1. The molecule has 2 nitrogen and oxygen atoms in total. The molecule has 118 valence electrons. The van der Waals surface area contributed by atoms with Gasteiger partial charge >= 0.3 is 0 Å². The first-order valence-electron chi connectivity index (χ1n) is 7.49. The highest BCUT2D eigenvalue weighted by atomic mass is 79.9. The van der Waals surface area contributed by atoms with E-state index in [0.29, 0.717) is 6.61 Å². The number of aliphatic hydroxyl groups is 1. The highest BCUT2D eigenvalue weighted by Gasteiger charge is 2.34. The van der Waals surface area contributed by atoms with Crippen LogP contribution < -0.4 is 0 Å². The maximum atomic E-state index is 14.2. The lowest BCUT2D eigenvalue weighted by Gasteiger charge is -2.33. The average Bonchev–Trinajstić information content (AvgIpc) is 2.49. The van der Waals surface area contributed by atoms with Crippen molar-refractivity contribution in [3.05, 3.63) is 33.8 Å². The Morgan fingerprint density at radius 1 is 1.29 bits per heavy atom. The fourth-order valence-electron chi connectivity index (χ4n) is 3.12. The predicted molar refractivity (Wildman–Crippen MR) is 81.0 cm³/mol. The molecular weight excluding hydrogens is 342 g/mol. The van der Waals surface area contributed by atoms with Crippen molar-refractivity contribution in [2.45, 2.75) is 51.2 Å². The minimum atomic E-state index is -1.29. The van der Waals surface area contributed by atoms with Gasteiger partial charge in [0.15, 0.2) is 0 Å². The second-order valence-electron chi connectivity index (χ2n) is 5.52. The summed E-state index contributed by atoms with van der Waals surface area (Å²) < 4.78 is 33.9. The fraction of sp³-hybridized carbons (Fsp3) is 0.625. The number of ether oxygens (including phenoxy) is 1. The number of halogens is 3. The molecule has 0 aromatic heterocycles. The van der Waals surface area contributed by atoms with Crippen LogP contribution in [0.3, 0.4) is 0 Å². The first-order chi connectivity index (χ1) is 10.1. The van der Waals surface area contributed by atoms with E-state index in [-0.39, 0.29) is 16.0 Å². The Hall–Kier alpha value is -0.520. The van der Waals surface area contributed by atoms with Crippen molar-refractivity contribution >= 4 is 15.9 Å². The molecule has 1 N–H and O–H groups in total. The van der Waals surface area contributed by atoms with E-state index in [9.17, 15) is 13.9 Å². The Bertz CT molecular complexity index is 476. The van der Waals surface area contributed by atoms with E-state index in [1.807, 2.05) is 6.92 Å². The molecular formula is C16H21BrF2O2. The van der Waals surface area contributed by atoms with Gasteiger partial charge in [0.2, 0.25) is 0 Å². The van der Waals surface area contributed by atoms with Crippen molar-refractivity contribution in [2.75, 3.05) is 6.61 Å². The van der Waals surface area contributed by atoms with Crippen LogP contribution in [0, 0.1) is 17.6 Å². The molecule has 5 heteroatoms. The second-order valence-corrected chi connectivity index (χ2v) is 6.37. The summed E-state index contributed by atoms with van der Waals surface area (Å²) in [5, 5.41) is 10.5. The molecule has 0 radical (unpaired) electrons. The Balaban J connectivity index is 2.29. The summed E-state index contributed by atoms with van der Waals surface area (Å²) in [6, 6.07) is 2.47. The van der Waals surface area contributed by atoms with Gasteiger partial charge in [-0.2, -0.15) is 0 Å². The van der Waals surface area contributed by atoms with Crippen LogP contribution in [0.5, 0.6) is 0 Å². The van der Waals surface area contributed by atoms with E-state index < -0.39 is 23.8 Å². The molecule has 21 heavy (non-hydrogen) atoms. The van der Waals surface area contributed by atoms with Crippen molar-refractivity contribution in [3.8, 4) is 0 Å². The molecule has 1 aromatic carbocycles. The third kappa shape index (κ3) is 3.82. The Morgan fingerprint density at radius 2 is 1.95 bits per heavy atom. The van der Waals surface area contributed by atoms with E-state index in [1.54, 1.807) is 0 Å². The molecule has 2 rings (SSSR count). The van der Waals surface area contributed by atoms with Crippen molar-refractivity contribution in [1.82, 2.24) is 0 Å². The number of aliphatic hydroxyl groups excluding tert-OH is 1. The standard InChI is InChI=1S/C16H21BrF2O2/c1-2-21-16(10-6-4-3-5-7-10)15(20)13-12(18)9-8-11(17)14(13)19/h8-10,15-16,20H,2-7H2,1H3. The Kier molecular flexibility index (Phi) is 6.14. The van der Waals surface area contributed by atoms with E-state index in [4.69, 9.17) is 4.74 Å². The van der Waals surface area contributed by atoms with E-state index in [1.165, 1.54) is 12.5 Å². The largest absolute Gasteiger partial charge is 0.385 e. The summed E-state index contributed by atoms with van der Waals surface area (Å²) in [5.74, 6) is -1.33. The van der Waals surface area contributed by atoms with Crippen molar-refractivity contribution in [1.29, 1.82) is 0 Å². The van der Waals surface area contributed by atoms with Crippen molar-refractivity contribution in [2.24, 2.45) is 5.92 Å². The maximum absolute atomic E-state index is 14.2. The molecule has 0 amide bonds. The second kappa shape index (κ2) is 7.65. The smallest absolute Gasteiger partial charge is 0.146 e. The van der Waals surface area contributed by atoms with E-state index in [2.05, 4.69) is 15.9 Å². The monoisotopic (exact) mass is 362 g/mol. The molecule has 0 bridgehead atoms. The minimum Gasteiger partial charge on any atom is -0.385 e. The summed E-state index contributed by atoms with van der Waals surface area (Å²) >= 11 is 3.04. The average molecular weight is 363 g/mol. The summed E-state index contributed by atoms with van der Waals surface area (Å²) in [6.45, 7) is 2.24. The lowest BCUT2D eigenvalue weighted by atomic mass is 9.81. The van der Waals surface area contributed by atoms with Gasteiger partial charge in [-0.15, -0.1) is 0 Å². The normalized spacial score (nSPS) is 19.5. The van der Waals surface area contributed by atoms with Crippen LogP contribution in [0.25, 0.3) is 0 Å². The lowest BCUT2D eigenvalue weighted by molar-refractivity contribution is -0.0761. The molecule has 2 atom stereocenters. The molecule has 2 unspecified atom stereocenters. The van der Waals surface area contributed by atoms with Gasteiger partial charge in [-0.25, -0.2) is 8.78 Å². The molecule has 0 aliphatic heterocycles. The quantitative estimate of drug-likeness (QED) is 0.766. The molecule has 0 saturated heterocycles. The van der Waals surface area contributed by atoms with Gasteiger partial charge in [-0.1, -0.05) is 19.3 Å². The third-order valence-corrected chi connectivity index (χ3v) is 4.77. The molecule has 1 saturated carbocycles. The number of rotatable bonds is 5. The summed E-state index contributed by atoms with van der Waals surface area (Å²) in [7, 11) is 0. The van der Waals surface area contributed by atoms with Gasteiger partial charge in [0.05, 0.1) is 16.1 Å². The zero-order valence-corrected chi connectivity index (χ0v) is 13.7. The first-order valence-corrected chi connectivity index (χ1v) is 8.28. The summed E-state index contributed by atoms with van der Waals surface area (Å²) in [6.07, 6.45) is 3.33. The van der Waals surface area contributed by atoms with Gasteiger partial charge < -0.3 is 9.84 Å². The van der Waals surface area contributed by atoms with Crippen LogP contribution in [-0.4, -0.2) is 17.8 Å². The van der Waals surface area contributed by atoms with Crippen LogP contribution in [-0.2, 0) is 4.74 Å². The lowest BCUT2D eigenvalue weighted by Crippen LogP contribution is -2.33. The van der Waals surface area contributed by atoms with E-state index in [0.717, 1.165) is 31.7 Å². The highest BCUT2D eigenvalue weighted by molar-refractivity contribution is 9.10. The van der Waals surface area contributed by atoms with Gasteiger partial charge in [-0.05, 0) is 53.7 Å². The van der Waals surface area contributed by atoms with Gasteiger partial charge in [0, 0.05) is 6.61 Å². The summed E-state index contributed by atoms with van der Waals surface area (Å²) in [4.78, 5) is 0. The Morgan fingerprint density at radius 3 is 2.57 bits per heavy atom. The number of hydrogen-bond acceptors (Lipinski definition) is 2. The number of benzene rings is 1. The summed E-state index contributed by atoms with van der Waals surface area (Å²) in [5.41, 5.74) is -0.298. The predicted octanol–water partition coefficient (Wildman–Crippen LogP) is 4.75. The zero-order valence-electron chi connectivity index (χ0n) is 12.1. The topological polar surface area (TPSA) is 29.5 Å². The van der Waals surface area contributed by atoms with Crippen LogP contribution in [0.2, 0.25) is 0 Å². The molecule has 1 aliphatic rings. The highest BCUT2D eigenvalue weighted by Crippen LogP contribution is 2.37. The van der Waals surface area contributed by atoms with Crippen LogP contribution >= 0.6 is 15.9 Å². The molecule has 1 aliphatic carbocycles. The molecule has 1 aromatic rings. The maximum Gasteiger partial charge on any atom is 0.146 e.